The average molecular weight is 588 g/mol. The van der Waals surface area contributed by atoms with Crippen LogP contribution < -0.4 is 5.32 Å². The minimum Gasteiger partial charge on any atom is -0.508 e. The molecule has 0 spiro atoms. The van der Waals surface area contributed by atoms with Gasteiger partial charge in [-0.05, 0) is 98.3 Å². The Morgan fingerprint density at radius 1 is 1.19 bits per heavy atom. The Labute approximate surface area is 251 Å². The van der Waals surface area contributed by atoms with E-state index in [9.17, 15) is 24.9 Å². The normalized spacial score (nSPS) is 34.8. The summed E-state index contributed by atoms with van der Waals surface area (Å²) >= 11 is 0. The molecule has 228 valence electrons. The third-order valence-corrected chi connectivity index (χ3v) is 11.6. The number of phenols is 1. The van der Waals surface area contributed by atoms with Crippen LogP contribution in [0.1, 0.15) is 70.8 Å². The lowest BCUT2D eigenvalue weighted by atomic mass is 9.46. The first-order valence-corrected chi connectivity index (χ1v) is 15.4. The fourth-order valence-corrected chi connectivity index (χ4v) is 9.07. The Hall–Kier alpha value is -3.77. The molecular formula is C34H41N3O6. The maximum absolute atomic E-state index is 12.6. The predicted molar refractivity (Wildman–Crippen MR) is 162 cm³/mol. The van der Waals surface area contributed by atoms with Gasteiger partial charge >= 0.3 is 5.97 Å². The number of aromatic amines is 1. The van der Waals surface area contributed by atoms with Crippen LogP contribution in [0.5, 0.6) is 5.75 Å². The number of oxime groups is 1. The molecule has 1 heterocycles. The van der Waals surface area contributed by atoms with Gasteiger partial charge in [-0.25, -0.2) is 4.79 Å². The highest BCUT2D eigenvalue weighted by Crippen LogP contribution is 2.67. The Bertz CT molecular complexity index is 1550. The van der Waals surface area contributed by atoms with Crippen LogP contribution in [0.15, 0.2) is 41.2 Å². The number of carboxylic acid groups (broad SMARTS) is 1. The fourth-order valence-electron chi connectivity index (χ4n) is 9.07. The zero-order valence-electron chi connectivity index (χ0n) is 24.9. The summed E-state index contributed by atoms with van der Waals surface area (Å²) in [6.07, 6.45) is 17.2. The van der Waals surface area contributed by atoms with Gasteiger partial charge < -0.3 is 30.5 Å². The second kappa shape index (κ2) is 10.7. The van der Waals surface area contributed by atoms with Crippen molar-refractivity contribution in [2.75, 3.05) is 6.61 Å². The largest absolute Gasteiger partial charge is 0.508 e. The molecule has 5 N–H and O–H groups in total. The number of hydrogen-bond acceptors (Lipinski definition) is 6. The number of nitrogens with zero attached hydrogens (tertiary/aromatic N) is 1. The van der Waals surface area contributed by atoms with Crippen LogP contribution in [0.2, 0.25) is 0 Å². The van der Waals surface area contributed by atoms with Crippen molar-refractivity contribution in [2.45, 2.75) is 83.3 Å². The first kappa shape index (κ1) is 29.3. The van der Waals surface area contributed by atoms with Gasteiger partial charge in [0.15, 0.2) is 6.61 Å². The first-order chi connectivity index (χ1) is 20.5. The first-order valence-electron chi connectivity index (χ1n) is 15.4. The molecule has 4 aliphatic carbocycles. The topological polar surface area (TPSA) is 144 Å². The van der Waals surface area contributed by atoms with Gasteiger partial charge in [0.1, 0.15) is 17.4 Å². The summed E-state index contributed by atoms with van der Waals surface area (Å²) < 4.78 is 0. The second-order valence-corrected chi connectivity index (χ2v) is 13.6. The van der Waals surface area contributed by atoms with Crippen molar-refractivity contribution >= 4 is 28.5 Å². The number of aromatic hydroxyl groups is 1. The molecule has 4 aliphatic rings. The number of phenolic OH excluding ortho intramolecular Hbond substituents is 1. The van der Waals surface area contributed by atoms with Crippen molar-refractivity contribution < 1.29 is 29.7 Å². The van der Waals surface area contributed by atoms with Crippen LogP contribution in [-0.4, -0.2) is 56.1 Å². The number of aliphatic carboxylic acids is 1. The number of benzene rings is 1. The van der Waals surface area contributed by atoms with Gasteiger partial charge in [-0.2, -0.15) is 0 Å². The molecule has 2 aromatic rings. The predicted octanol–water partition coefficient (Wildman–Crippen LogP) is 4.69. The highest BCUT2D eigenvalue weighted by molar-refractivity contribution is 5.96. The number of nitrogens with one attached hydrogen (secondary N) is 2. The average Bonchev–Trinajstić information content (AvgIpc) is 3.49. The Balaban J connectivity index is 1.07. The van der Waals surface area contributed by atoms with E-state index in [2.05, 4.69) is 41.3 Å². The Morgan fingerprint density at radius 3 is 2.74 bits per heavy atom. The molecule has 1 amide bonds. The second-order valence-electron chi connectivity index (χ2n) is 13.6. The van der Waals surface area contributed by atoms with Crippen molar-refractivity contribution in [1.82, 2.24) is 10.3 Å². The van der Waals surface area contributed by atoms with E-state index in [1.165, 1.54) is 11.6 Å². The van der Waals surface area contributed by atoms with Gasteiger partial charge in [0.2, 0.25) is 0 Å². The van der Waals surface area contributed by atoms with Gasteiger partial charge in [-0.1, -0.05) is 30.5 Å². The highest BCUT2D eigenvalue weighted by Gasteiger charge is 2.63. The van der Waals surface area contributed by atoms with Crippen molar-refractivity contribution in [2.24, 2.45) is 33.7 Å². The zero-order valence-corrected chi connectivity index (χ0v) is 24.9. The van der Waals surface area contributed by atoms with Crippen LogP contribution in [0.3, 0.4) is 0 Å². The lowest BCUT2D eigenvalue weighted by Crippen LogP contribution is -2.54. The number of hydrogen-bond donors (Lipinski definition) is 5. The molecule has 0 bridgehead atoms. The third kappa shape index (κ3) is 4.90. The number of fused-ring (bicyclic) bond motifs is 6. The van der Waals surface area contributed by atoms with Crippen molar-refractivity contribution in [3.05, 3.63) is 41.6 Å². The molecule has 0 radical (unpaired) electrons. The number of aliphatic hydroxyl groups is 1. The molecular weight excluding hydrogens is 546 g/mol. The number of H-pyrrole nitrogens is 1. The summed E-state index contributed by atoms with van der Waals surface area (Å²) in [7, 11) is 0. The molecule has 9 nitrogen and oxygen atoms in total. The molecule has 3 fully saturated rings. The van der Waals surface area contributed by atoms with E-state index in [-0.39, 0.29) is 29.6 Å². The molecule has 4 unspecified atom stereocenters. The number of amides is 1. The number of carbonyl (C=O) groups excluding carboxylic acids is 1. The van der Waals surface area contributed by atoms with Crippen LogP contribution in [0.4, 0.5) is 0 Å². The van der Waals surface area contributed by atoms with Crippen LogP contribution in [0, 0.1) is 40.9 Å². The molecule has 43 heavy (non-hydrogen) atoms. The molecule has 0 aliphatic heterocycles. The molecule has 0 saturated heterocycles. The lowest BCUT2D eigenvalue weighted by molar-refractivity contribution is -0.142. The zero-order chi connectivity index (χ0) is 30.6. The maximum Gasteiger partial charge on any atom is 0.326 e. The molecule has 1 aromatic heterocycles. The Kier molecular flexibility index (Phi) is 7.32. The van der Waals surface area contributed by atoms with E-state index in [4.69, 9.17) is 11.3 Å². The van der Waals surface area contributed by atoms with Gasteiger partial charge in [-0.3, -0.25) is 4.79 Å². The third-order valence-electron chi connectivity index (χ3n) is 11.6. The van der Waals surface area contributed by atoms with Crippen LogP contribution in [-0.2, 0) is 20.8 Å². The van der Waals surface area contributed by atoms with Gasteiger partial charge in [0.25, 0.3) is 5.91 Å². The minimum absolute atomic E-state index is 0.0767. The number of rotatable bonds is 7. The van der Waals surface area contributed by atoms with Gasteiger partial charge in [0, 0.05) is 35.0 Å². The van der Waals surface area contributed by atoms with Crippen molar-refractivity contribution in [1.29, 1.82) is 0 Å². The summed E-state index contributed by atoms with van der Waals surface area (Å²) in [6.45, 7) is 4.22. The number of aromatic nitrogens is 1. The monoisotopic (exact) mass is 587 g/mol. The number of terminal acetylenes is 1. The molecule has 7 atom stereocenters. The lowest BCUT2D eigenvalue weighted by Gasteiger charge is -2.58. The standard InChI is InChI=1S/C34H41N3O6/c1-4-34(42)14-11-27-25-7-5-21-16-22(9-12-32(21,2)26(25)10-13-33(27,34)3)37-43-19-30(39)36-29(31(40)41)15-20-18-35-28-17-23(38)6-8-24(20)28/h1,6,8,16-18,25-27,29,35,38,42H,5,7,9-15,19H2,2-3H3,(H,36,39)(H,40,41)/t25?,26?,27?,29?,32-,33-,34-/m0/s1. The van der Waals surface area contributed by atoms with E-state index < -0.39 is 23.5 Å². The smallest absolute Gasteiger partial charge is 0.326 e. The van der Waals surface area contributed by atoms with E-state index in [1.807, 2.05) is 0 Å². The summed E-state index contributed by atoms with van der Waals surface area (Å²) in [4.78, 5) is 32.9. The SMILES string of the molecule is C#C[C@]1(O)CCC2C3CCC4=CC(=NOCC(=O)NC(Cc5c[nH]c6cc(O)ccc56)C(=O)O)CC[C@]4(C)C3CC[C@@]21C. The van der Waals surface area contributed by atoms with E-state index in [1.54, 1.807) is 18.3 Å². The van der Waals surface area contributed by atoms with E-state index in [0.29, 0.717) is 29.7 Å². The minimum atomic E-state index is -1.15. The molecule has 3 saturated carbocycles. The summed E-state index contributed by atoms with van der Waals surface area (Å²) in [5.41, 5.74) is 2.46. The van der Waals surface area contributed by atoms with Gasteiger partial charge in [-0.15, -0.1) is 6.42 Å². The van der Waals surface area contributed by atoms with Crippen molar-refractivity contribution in [3.63, 3.8) is 0 Å². The molecule has 9 heteroatoms. The maximum atomic E-state index is 12.6. The fraction of sp³-hybridized carbons (Fsp3) is 0.559. The Morgan fingerprint density at radius 2 is 1.98 bits per heavy atom. The number of carbonyl (C=O) groups is 2. The van der Waals surface area contributed by atoms with Crippen LogP contribution in [0.25, 0.3) is 10.9 Å². The van der Waals surface area contributed by atoms with Crippen LogP contribution >= 0.6 is 0 Å². The van der Waals surface area contributed by atoms with E-state index >= 15 is 0 Å². The summed E-state index contributed by atoms with van der Waals surface area (Å²) in [5, 5.41) is 38.2. The van der Waals surface area contributed by atoms with E-state index in [0.717, 1.165) is 61.6 Å². The number of allylic oxidation sites excluding steroid dienone is 2. The quantitative estimate of drug-likeness (QED) is 0.235. The van der Waals surface area contributed by atoms with Crippen molar-refractivity contribution in [3.8, 4) is 18.1 Å². The molecule has 6 rings (SSSR count). The van der Waals surface area contributed by atoms with Gasteiger partial charge in [0.05, 0.1) is 5.71 Å². The highest BCUT2D eigenvalue weighted by atomic mass is 16.6. The molecule has 1 aromatic carbocycles. The summed E-state index contributed by atoms with van der Waals surface area (Å²) in [6, 6.07) is 3.68. The summed E-state index contributed by atoms with van der Waals surface area (Å²) in [5.74, 6) is 2.71. The number of carboxylic acids is 1.